The van der Waals surface area contributed by atoms with Crippen molar-refractivity contribution in [2.45, 2.75) is 0 Å². The van der Waals surface area contributed by atoms with Gasteiger partial charge in [0, 0.05) is 10.4 Å². The second kappa shape index (κ2) is 15.9. The van der Waals surface area contributed by atoms with Gasteiger partial charge in [0.05, 0.1) is 0 Å². The molecule has 0 N–H and O–H groups in total. The molecule has 0 heterocycles. The Kier molecular flexibility index (Phi) is 33.5. The Labute approximate surface area is 195 Å². The minimum absolute atomic E-state index is 0. The Bertz CT molecular complexity index is 419. The van der Waals surface area contributed by atoms with Crippen molar-refractivity contribution in [3.8, 4) is 0 Å². The summed E-state index contributed by atoms with van der Waals surface area (Å²) in [7, 11) is -5.17. The van der Waals surface area contributed by atoms with E-state index in [-0.39, 0.29) is 118 Å². The summed E-state index contributed by atoms with van der Waals surface area (Å²) in [6, 6.07) is 0. The average molecular weight is 404 g/mol. The molecule has 0 radical (unpaired) electrons. The monoisotopic (exact) mass is 404 g/mol. The molecule has 88 valence electrons. The summed E-state index contributed by atoms with van der Waals surface area (Å²) in [5.41, 5.74) is 0. The van der Waals surface area contributed by atoms with Gasteiger partial charge in [0.2, 0.25) is 0 Å². The van der Waals surface area contributed by atoms with Crippen LogP contribution in [0.25, 0.3) is 0 Å². The molecule has 0 aliphatic heterocycles. The van der Waals surface area contributed by atoms with Crippen LogP contribution in [0, 0.1) is 0 Å². The normalized spacial score (nSPS) is 10.0. The van der Waals surface area contributed by atoms with E-state index < -0.39 is 37.6 Å². The van der Waals surface area contributed by atoms with E-state index in [0.717, 1.165) is 0 Å². The number of rotatable bonds is 2. The van der Waals surface area contributed by atoms with Crippen molar-refractivity contribution < 1.29 is 189 Å². The van der Waals surface area contributed by atoms with Gasteiger partial charge in [-0.05, 0) is 0 Å². The van der Waals surface area contributed by atoms with Gasteiger partial charge in [0.15, 0.2) is 0 Å². The van der Waals surface area contributed by atoms with Crippen LogP contribution in [0.3, 0.4) is 0 Å². The third-order valence-electron chi connectivity index (χ3n) is 0.167. The first-order valence-corrected chi connectivity index (χ1v) is 7.50. The molecule has 0 aromatic heterocycles. The van der Waals surface area contributed by atoms with Crippen molar-refractivity contribution in [2.24, 2.45) is 0 Å². The summed E-state index contributed by atoms with van der Waals surface area (Å²) in [6.07, 6.45) is 0. The van der Waals surface area contributed by atoms with Crippen molar-refractivity contribution in [3.05, 3.63) is 0 Å². The summed E-state index contributed by atoms with van der Waals surface area (Å²) in [6.45, 7) is 0. The minimum atomic E-state index is -6.07. The van der Waals surface area contributed by atoms with E-state index in [1.54, 1.807) is 0 Å². The van der Waals surface area contributed by atoms with Crippen molar-refractivity contribution in [3.63, 3.8) is 0 Å². The van der Waals surface area contributed by atoms with E-state index in [2.05, 4.69) is 2.84 Å². The molecule has 0 aromatic rings. The maximum atomic E-state index is 9.38. The molecule has 0 atom stereocenters. The third kappa shape index (κ3) is 72.2. The van der Waals surface area contributed by atoms with Gasteiger partial charge in [-0.25, -0.2) is 0 Å². The molecule has 0 amide bonds. The molecule has 0 saturated heterocycles. The van der Waals surface area contributed by atoms with Crippen LogP contribution in [0.15, 0.2) is 0 Å². The molecule has 0 aliphatic carbocycles. The zero-order valence-corrected chi connectivity index (χ0v) is 21.1. The first-order valence-electron chi connectivity index (χ1n) is 2.00. The second-order valence-corrected chi connectivity index (χ2v) is 5.75. The standard InChI is InChI=1S/2Cr.4Na.H2O4S.7O/c;;;;;;1-5(2,3)4;;;;;;;/h;;;;;;(H2,1,2,3,4);;;;;;;/q;;4*+1;;;;;;;2*-1/p-2. The Morgan fingerprint density at radius 3 is 0.833 bits per heavy atom. The zero-order chi connectivity index (χ0) is 12.2. The van der Waals surface area contributed by atoms with Gasteiger partial charge in [-0.2, -0.15) is 0 Å². The molecular formula is Cr2Na4O11S. The van der Waals surface area contributed by atoms with Gasteiger partial charge < -0.3 is 9.11 Å². The molecule has 0 rings (SSSR count). The van der Waals surface area contributed by atoms with Crippen molar-refractivity contribution >= 4 is 10.4 Å². The van der Waals surface area contributed by atoms with Gasteiger partial charge in [-0.15, -0.1) is 0 Å². The second-order valence-electron chi connectivity index (χ2n) is 1.29. The third-order valence-corrected chi connectivity index (χ3v) is 2.83. The summed E-state index contributed by atoms with van der Waals surface area (Å²) in [5, 5.41) is 0. The number of hydrogen-bond donors (Lipinski definition) is 0. The van der Waals surface area contributed by atoms with Crippen LogP contribution in [0.2, 0.25) is 0 Å². The average Bonchev–Trinajstić information content (AvgIpc) is 1.42. The Morgan fingerprint density at radius 1 is 0.722 bits per heavy atom. The Hall–Kier alpha value is 4.01. The van der Waals surface area contributed by atoms with Gasteiger partial charge in [0.25, 0.3) is 0 Å². The van der Waals surface area contributed by atoms with E-state index >= 15 is 0 Å². The first-order chi connectivity index (χ1) is 5.71. The molecule has 0 aromatic carbocycles. The fourth-order valence-electron chi connectivity index (χ4n) is 0.102. The molecule has 0 bridgehead atoms. The number of hydrogen-bond acceptors (Lipinski definition) is 11. The first kappa shape index (κ1) is 37.9. The Morgan fingerprint density at radius 2 is 0.833 bits per heavy atom. The maximum absolute atomic E-state index is 9.38. The molecule has 0 spiro atoms. The molecule has 0 aliphatic rings. The van der Waals surface area contributed by atoms with Crippen molar-refractivity contribution in [2.75, 3.05) is 0 Å². The summed E-state index contributed by atoms with van der Waals surface area (Å²) < 4.78 is 93.0. The fraction of sp³-hybridized carbons (Fsp3) is 0. The van der Waals surface area contributed by atoms with Crippen molar-refractivity contribution in [1.29, 1.82) is 0 Å². The van der Waals surface area contributed by atoms with E-state index in [0.29, 0.717) is 0 Å². The molecule has 18 heteroatoms. The van der Waals surface area contributed by atoms with Crippen LogP contribution in [-0.4, -0.2) is 17.5 Å². The van der Waals surface area contributed by atoms with Crippen molar-refractivity contribution in [1.82, 2.24) is 0 Å². The van der Waals surface area contributed by atoms with Crippen LogP contribution in [0.4, 0.5) is 0 Å². The summed E-state index contributed by atoms with van der Waals surface area (Å²) in [5.74, 6) is 0. The van der Waals surface area contributed by atoms with E-state index in [1.165, 1.54) is 0 Å². The van der Waals surface area contributed by atoms with Crippen LogP contribution >= 0.6 is 0 Å². The van der Waals surface area contributed by atoms with E-state index in [9.17, 15) is 23.5 Å². The van der Waals surface area contributed by atoms with Crippen LogP contribution in [-0.2, 0) is 55.7 Å². The van der Waals surface area contributed by atoms with E-state index in [1.807, 2.05) is 0 Å². The summed E-state index contributed by atoms with van der Waals surface area (Å²) in [4.78, 5) is 0. The fourth-order valence-corrected chi connectivity index (χ4v) is 1.74. The predicted molar refractivity (Wildman–Crippen MR) is 14.3 cm³/mol. The van der Waals surface area contributed by atoms with Gasteiger partial charge in [0.1, 0.15) is 0 Å². The van der Waals surface area contributed by atoms with Crippen LogP contribution in [0.5, 0.6) is 0 Å². The molecular weight excluding hydrogens is 404 g/mol. The molecule has 0 unspecified atom stereocenters. The van der Waals surface area contributed by atoms with Gasteiger partial charge >= 0.3 is 172 Å². The molecule has 11 nitrogen and oxygen atoms in total. The van der Waals surface area contributed by atoms with Gasteiger partial charge in [-0.3, -0.25) is 8.42 Å². The molecule has 0 saturated carbocycles. The SMILES string of the molecule is O=S(=O)([O-])[O-].[Na+].[Na+].[Na+].[Na+].[O]=[Cr](=[O])([O-])[O][Cr](=[O])(=[O])[O-]. The molecule has 18 heavy (non-hydrogen) atoms. The predicted octanol–water partition coefficient (Wildman–Crippen LogP) is -16.2. The van der Waals surface area contributed by atoms with Crippen LogP contribution in [0.1, 0.15) is 0 Å². The zero-order valence-electron chi connectivity index (χ0n) is 9.72. The molecule has 0 fully saturated rings. The summed E-state index contributed by atoms with van der Waals surface area (Å²) >= 11 is -12.1. The quantitative estimate of drug-likeness (QED) is 0.240. The van der Waals surface area contributed by atoms with E-state index in [4.69, 9.17) is 17.5 Å². The van der Waals surface area contributed by atoms with Crippen LogP contribution < -0.4 is 127 Å². The van der Waals surface area contributed by atoms with Gasteiger partial charge in [-0.1, -0.05) is 0 Å². The topological polar surface area (TPSA) is 204 Å². The Balaban J connectivity index is -0.0000000359.